The number of carbonyl (C=O) groups is 2. The van der Waals surface area contributed by atoms with Gasteiger partial charge in [0, 0.05) is 45.0 Å². The SMILES string of the molecule is COc1ccc(C(=O)NC2(C(=O)NCc3ccc(Nc4ccc(Br)cc4C(F)(F)I)cn3)CC2)cn1. The molecule has 2 amide bonds. The van der Waals surface area contributed by atoms with Crippen molar-refractivity contribution in [1.29, 1.82) is 0 Å². The number of aromatic nitrogens is 2. The number of benzene rings is 1. The molecular weight excluding hydrogens is 651 g/mol. The molecule has 1 aliphatic rings. The van der Waals surface area contributed by atoms with Crippen LogP contribution in [0.2, 0.25) is 0 Å². The summed E-state index contributed by atoms with van der Waals surface area (Å²) in [7, 11) is 1.48. The van der Waals surface area contributed by atoms with Crippen molar-refractivity contribution < 1.29 is 23.1 Å². The van der Waals surface area contributed by atoms with E-state index in [0.717, 1.165) is 22.6 Å². The molecule has 1 saturated carbocycles. The van der Waals surface area contributed by atoms with E-state index in [1.165, 1.54) is 25.6 Å². The third-order valence-corrected chi connectivity index (χ3v) is 6.64. The number of alkyl halides is 3. The van der Waals surface area contributed by atoms with Crippen LogP contribution in [0, 0.1) is 0 Å². The second-order valence-electron chi connectivity index (χ2n) is 8.16. The Balaban J connectivity index is 1.34. The van der Waals surface area contributed by atoms with Crippen LogP contribution in [0.15, 0.2) is 59.3 Å². The van der Waals surface area contributed by atoms with Gasteiger partial charge in [0.2, 0.25) is 11.8 Å². The van der Waals surface area contributed by atoms with Crippen molar-refractivity contribution in [3.8, 4) is 5.88 Å². The molecule has 0 unspecified atom stereocenters. The number of methoxy groups -OCH3 is 1. The first kappa shape index (κ1) is 26.2. The first-order chi connectivity index (χ1) is 17.1. The van der Waals surface area contributed by atoms with Crippen LogP contribution in [0.25, 0.3) is 0 Å². The third kappa shape index (κ3) is 6.27. The number of ether oxygens (including phenoxy) is 1. The van der Waals surface area contributed by atoms with Crippen molar-refractivity contribution in [1.82, 2.24) is 20.6 Å². The zero-order chi connectivity index (χ0) is 25.9. The largest absolute Gasteiger partial charge is 0.481 e. The molecule has 0 bridgehead atoms. The second-order valence-corrected chi connectivity index (χ2v) is 10.4. The van der Waals surface area contributed by atoms with E-state index in [9.17, 15) is 18.4 Å². The van der Waals surface area contributed by atoms with Crippen LogP contribution in [-0.4, -0.2) is 34.4 Å². The van der Waals surface area contributed by atoms with Gasteiger partial charge in [0.1, 0.15) is 5.54 Å². The molecule has 1 aromatic carbocycles. The molecule has 4 rings (SSSR count). The number of amides is 2. The number of rotatable bonds is 9. The molecule has 0 atom stereocenters. The summed E-state index contributed by atoms with van der Waals surface area (Å²) in [5, 5.41) is 8.55. The van der Waals surface area contributed by atoms with Crippen LogP contribution in [0.4, 0.5) is 20.2 Å². The molecular formula is C24H21BrF2IN5O3. The molecule has 1 fully saturated rings. The van der Waals surface area contributed by atoms with Gasteiger partial charge in [0.15, 0.2) is 0 Å². The fourth-order valence-corrected chi connectivity index (χ4v) is 4.22. The van der Waals surface area contributed by atoms with Crippen LogP contribution in [0.1, 0.15) is 34.5 Å². The minimum atomic E-state index is -3.06. The van der Waals surface area contributed by atoms with Crippen molar-refractivity contribution in [2.75, 3.05) is 12.4 Å². The highest BCUT2D eigenvalue weighted by atomic mass is 127. The van der Waals surface area contributed by atoms with E-state index in [2.05, 4.69) is 41.8 Å². The smallest absolute Gasteiger partial charge is 0.323 e. The molecule has 3 aromatic rings. The Kier molecular flexibility index (Phi) is 7.73. The highest BCUT2D eigenvalue weighted by Crippen LogP contribution is 2.41. The number of halogens is 4. The molecule has 0 radical (unpaired) electrons. The summed E-state index contributed by atoms with van der Waals surface area (Å²) in [6.45, 7) is 0.149. The Labute approximate surface area is 227 Å². The van der Waals surface area contributed by atoms with E-state index in [1.807, 2.05) is 0 Å². The zero-order valence-electron chi connectivity index (χ0n) is 18.9. The van der Waals surface area contributed by atoms with Gasteiger partial charge in [-0.05, 0) is 49.2 Å². The number of anilines is 2. The second kappa shape index (κ2) is 10.6. The number of carbonyl (C=O) groups excluding carboxylic acids is 2. The summed E-state index contributed by atoms with van der Waals surface area (Å²) < 4.78 is 30.4. The molecule has 0 spiro atoms. The Hall–Kier alpha value is -2.87. The molecule has 3 N–H and O–H groups in total. The first-order valence-corrected chi connectivity index (χ1v) is 12.7. The van der Waals surface area contributed by atoms with Crippen molar-refractivity contribution in [2.24, 2.45) is 0 Å². The van der Waals surface area contributed by atoms with Gasteiger partial charge in [-0.15, -0.1) is 0 Å². The number of pyridine rings is 2. The van der Waals surface area contributed by atoms with Crippen LogP contribution in [0.5, 0.6) is 5.88 Å². The minimum Gasteiger partial charge on any atom is -0.481 e. The molecule has 2 aromatic heterocycles. The van der Waals surface area contributed by atoms with Gasteiger partial charge in [0.05, 0.1) is 42.4 Å². The predicted octanol–water partition coefficient (Wildman–Crippen LogP) is 5.05. The van der Waals surface area contributed by atoms with Gasteiger partial charge in [-0.2, -0.15) is 8.78 Å². The van der Waals surface area contributed by atoms with E-state index in [0.29, 0.717) is 40.1 Å². The van der Waals surface area contributed by atoms with Gasteiger partial charge in [-0.3, -0.25) is 14.6 Å². The van der Waals surface area contributed by atoms with Crippen LogP contribution >= 0.6 is 38.5 Å². The lowest BCUT2D eigenvalue weighted by Gasteiger charge is -2.18. The molecule has 188 valence electrons. The average Bonchev–Trinajstić information content (AvgIpc) is 3.64. The van der Waals surface area contributed by atoms with E-state index in [4.69, 9.17) is 4.74 Å². The van der Waals surface area contributed by atoms with Crippen molar-refractivity contribution >= 4 is 61.7 Å². The van der Waals surface area contributed by atoms with E-state index in [1.54, 1.807) is 36.4 Å². The van der Waals surface area contributed by atoms with E-state index < -0.39 is 15.4 Å². The average molecular weight is 672 g/mol. The fraction of sp³-hybridized carbons (Fsp3) is 0.250. The summed E-state index contributed by atoms with van der Waals surface area (Å²) in [6.07, 6.45) is 3.95. The van der Waals surface area contributed by atoms with Crippen LogP contribution in [0.3, 0.4) is 0 Å². The van der Waals surface area contributed by atoms with Gasteiger partial charge in [0.25, 0.3) is 5.91 Å². The fourth-order valence-electron chi connectivity index (χ4n) is 3.42. The molecule has 12 heteroatoms. The van der Waals surface area contributed by atoms with Gasteiger partial charge in [-0.1, -0.05) is 15.9 Å². The van der Waals surface area contributed by atoms with Gasteiger partial charge < -0.3 is 20.7 Å². The summed E-state index contributed by atoms with van der Waals surface area (Å²) in [4.78, 5) is 33.6. The monoisotopic (exact) mass is 671 g/mol. The zero-order valence-corrected chi connectivity index (χ0v) is 22.7. The molecule has 36 heavy (non-hydrogen) atoms. The Bertz CT molecular complexity index is 1270. The lowest BCUT2D eigenvalue weighted by Crippen LogP contribution is -2.48. The number of nitrogens with zero attached hydrogens (tertiary/aromatic N) is 2. The van der Waals surface area contributed by atoms with Crippen molar-refractivity contribution in [2.45, 2.75) is 28.9 Å². The Morgan fingerprint density at radius 3 is 2.50 bits per heavy atom. The van der Waals surface area contributed by atoms with Crippen molar-refractivity contribution in [3.63, 3.8) is 0 Å². The maximum Gasteiger partial charge on any atom is 0.323 e. The molecule has 1 aliphatic carbocycles. The number of nitrogens with one attached hydrogen (secondary N) is 3. The first-order valence-electron chi connectivity index (χ1n) is 10.8. The van der Waals surface area contributed by atoms with E-state index in [-0.39, 0.29) is 23.7 Å². The van der Waals surface area contributed by atoms with Crippen LogP contribution in [-0.2, 0) is 15.3 Å². The lowest BCUT2D eigenvalue weighted by atomic mass is 10.1. The highest BCUT2D eigenvalue weighted by Gasteiger charge is 2.51. The van der Waals surface area contributed by atoms with Crippen LogP contribution < -0.4 is 20.7 Å². The molecule has 0 aliphatic heterocycles. The lowest BCUT2D eigenvalue weighted by molar-refractivity contribution is -0.124. The molecule has 8 nitrogen and oxygen atoms in total. The third-order valence-electron chi connectivity index (χ3n) is 5.57. The predicted molar refractivity (Wildman–Crippen MR) is 142 cm³/mol. The summed E-state index contributed by atoms with van der Waals surface area (Å²) in [5.41, 5.74) is 0.573. The number of hydrogen-bond acceptors (Lipinski definition) is 6. The highest BCUT2D eigenvalue weighted by molar-refractivity contribution is 14.1. The quantitative estimate of drug-likeness (QED) is 0.217. The standard InChI is InChI=1S/C24H21BrF2IN5O3/c1-36-20-7-2-14(11-30-20)21(34)33-23(8-9-23)22(35)31-12-16-4-5-17(13-29-16)32-19-6-3-15(25)10-18(19)24(26,27)28/h2-7,10-11,13,32H,8-9,12H2,1H3,(H,31,35)(H,33,34). The Morgan fingerprint density at radius 1 is 1.14 bits per heavy atom. The topological polar surface area (TPSA) is 105 Å². The summed E-state index contributed by atoms with van der Waals surface area (Å²) >= 11 is 4.31. The summed E-state index contributed by atoms with van der Waals surface area (Å²) in [6, 6.07) is 11.1. The Morgan fingerprint density at radius 2 is 1.92 bits per heavy atom. The summed E-state index contributed by atoms with van der Waals surface area (Å²) in [5.74, 6) is -0.305. The van der Waals surface area contributed by atoms with Crippen molar-refractivity contribution in [3.05, 3.63) is 76.2 Å². The van der Waals surface area contributed by atoms with E-state index >= 15 is 0 Å². The normalized spacial score (nSPS) is 14.0. The maximum absolute atomic E-state index is 14.0. The van der Waals surface area contributed by atoms with Gasteiger partial charge in [-0.25, -0.2) is 4.98 Å². The molecule has 2 heterocycles. The van der Waals surface area contributed by atoms with Gasteiger partial charge >= 0.3 is 3.93 Å². The maximum atomic E-state index is 14.0. The molecule has 0 saturated heterocycles. The number of hydrogen-bond donors (Lipinski definition) is 3. The minimum absolute atomic E-state index is 0.149.